The van der Waals surface area contributed by atoms with Crippen LogP contribution in [0, 0.1) is 19.7 Å². The number of rotatable bonds is 4. The molecule has 1 amide bonds. The molecule has 0 radical (unpaired) electrons. The molecular weight excluding hydrogens is 340 g/mol. The van der Waals surface area contributed by atoms with Gasteiger partial charge in [0.05, 0.1) is 5.02 Å². The Morgan fingerprint density at radius 1 is 1.17 bits per heavy atom. The van der Waals surface area contributed by atoms with E-state index in [-0.39, 0.29) is 10.9 Å². The highest BCUT2D eigenvalue weighted by molar-refractivity contribution is 6.32. The van der Waals surface area contributed by atoms with Crippen molar-refractivity contribution in [1.29, 1.82) is 0 Å². The number of anilines is 1. The van der Waals surface area contributed by atoms with E-state index < -0.39 is 11.9 Å². The lowest BCUT2D eigenvalue weighted by molar-refractivity contribution is -0.122. The fourth-order valence-corrected chi connectivity index (χ4v) is 2.34. The maximum absolute atomic E-state index is 13.1. The molecule has 0 heterocycles. The molecule has 0 aliphatic rings. The maximum atomic E-state index is 13.1. The number of benzene rings is 2. The minimum atomic E-state index is -0.737. The van der Waals surface area contributed by atoms with Crippen molar-refractivity contribution in [3.63, 3.8) is 0 Å². The summed E-state index contributed by atoms with van der Waals surface area (Å²) in [5.41, 5.74) is 2.15. The van der Waals surface area contributed by atoms with Gasteiger partial charge >= 0.3 is 0 Å². The molecule has 0 spiro atoms. The lowest BCUT2D eigenvalue weighted by Crippen LogP contribution is -2.30. The number of hydrogen-bond acceptors (Lipinski definition) is 2. The van der Waals surface area contributed by atoms with E-state index in [1.165, 1.54) is 18.2 Å². The number of amides is 1. The average Bonchev–Trinajstić information content (AvgIpc) is 2.48. The topological polar surface area (TPSA) is 38.3 Å². The molecule has 0 saturated carbocycles. The number of aryl methyl sites for hydroxylation is 2. The third-order valence-electron chi connectivity index (χ3n) is 3.28. The summed E-state index contributed by atoms with van der Waals surface area (Å²) in [5.74, 6) is -0.344. The minimum absolute atomic E-state index is 0.0553. The highest BCUT2D eigenvalue weighted by Gasteiger charge is 2.16. The van der Waals surface area contributed by atoms with Gasteiger partial charge in [0, 0.05) is 10.7 Å². The van der Waals surface area contributed by atoms with Crippen LogP contribution in [-0.2, 0) is 4.79 Å². The molecule has 0 aliphatic carbocycles. The summed E-state index contributed by atoms with van der Waals surface area (Å²) in [5, 5.41) is 3.25. The first-order valence-electron chi connectivity index (χ1n) is 6.97. The van der Waals surface area contributed by atoms with Gasteiger partial charge in [-0.3, -0.25) is 4.79 Å². The van der Waals surface area contributed by atoms with Gasteiger partial charge in [0.25, 0.3) is 5.91 Å². The molecule has 1 N–H and O–H groups in total. The molecule has 122 valence electrons. The van der Waals surface area contributed by atoms with E-state index in [1.54, 1.807) is 19.1 Å². The van der Waals surface area contributed by atoms with Gasteiger partial charge in [-0.15, -0.1) is 0 Å². The second-order valence-corrected chi connectivity index (χ2v) is 6.03. The molecule has 0 bridgehead atoms. The van der Waals surface area contributed by atoms with Crippen molar-refractivity contribution in [2.45, 2.75) is 26.9 Å². The minimum Gasteiger partial charge on any atom is -0.481 e. The van der Waals surface area contributed by atoms with Crippen LogP contribution in [0.2, 0.25) is 10.0 Å². The zero-order valence-corrected chi connectivity index (χ0v) is 14.4. The van der Waals surface area contributed by atoms with Crippen molar-refractivity contribution >= 4 is 34.8 Å². The molecule has 1 atom stereocenters. The van der Waals surface area contributed by atoms with Gasteiger partial charge in [-0.2, -0.15) is 0 Å². The van der Waals surface area contributed by atoms with Gasteiger partial charge in [0.15, 0.2) is 6.10 Å². The number of carbonyl (C=O) groups is 1. The number of halogens is 3. The Hall–Kier alpha value is -1.78. The van der Waals surface area contributed by atoms with Gasteiger partial charge in [-0.25, -0.2) is 4.39 Å². The van der Waals surface area contributed by atoms with Crippen molar-refractivity contribution in [3.05, 3.63) is 57.3 Å². The predicted molar refractivity (Wildman–Crippen MR) is 91.1 cm³/mol. The number of carbonyl (C=O) groups excluding carboxylic acids is 1. The molecular formula is C17H16Cl2FNO2. The highest BCUT2D eigenvalue weighted by atomic mass is 35.5. The molecule has 0 unspecified atom stereocenters. The molecule has 0 aliphatic heterocycles. The largest absolute Gasteiger partial charge is 0.481 e. The van der Waals surface area contributed by atoms with Crippen molar-refractivity contribution in [3.8, 4) is 5.75 Å². The second-order valence-electron chi connectivity index (χ2n) is 5.25. The zero-order chi connectivity index (χ0) is 17.1. The molecule has 6 heteroatoms. The van der Waals surface area contributed by atoms with Crippen LogP contribution in [-0.4, -0.2) is 12.0 Å². The Bertz CT molecular complexity index is 726. The van der Waals surface area contributed by atoms with Crippen molar-refractivity contribution in [2.24, 2.45) is 0 Å². The first-order valence-corrected chi connectivity index (χ1v) is 7.73. The Morgan fingerprint density at radius 3 is 2.35 bits per heavy atom. The SMILES string of the molecule is Cc1cc(O[C@H](C)C(=O)Nc2ccc(F)c(Cl)c2)cc(C)c1Cl. The van der Waals surface area contributed by atoms with E-state index in [4.69, 9.17) is 27.9 Å². The summed E-state index contributed by atoms with van der Waals surface area (Å²) in [6.07, 6.45) is -0.737. The number of ether oxygens (including phenoxy) is 1. The van der Waals surface area contributed by atoms with Crippen molar-refractivity contribution in [1.82, 2.24) is 0 Å². The summed E-state index contributed by atoms with van der Waals surface area (Å²) in [4.78, 5) is 12.2. The van der Waals surface area contributed by atoms with Gasteiger partial charge in [-0.1, -0.05) is 23.2 Å². The average molecular weight is 356 g/mol. The zero-order valence-electron chi connectivity index (χ0n) is 12.9. The quantitative estimate of drug-likeness (QED) is 0.822. The fraction of sp³-hybridized carbons (Fsp3) is 0.235. The van der Waals surface area contributed by atoms with Gasteiger partial charge in [-0.05, 0) is 62.2 Å². The van der Waals surface area contributed by atoms with Crippen LogP contribution >= 0.6 is 23.2 Å². The molecule has 0 saturated heterocycles. The predicted octanol–water partition coefficient (Wildman–Crippen LogP) is 5.16. The Kier molecular flexibility index (Phi) is 5.50. The highest BCUT2D eigenvalue weighted by Crippen LogP contribution is 2.26. The summed E-state index contributed by atoms with van der Waals surface area (Å²) < 4.78 is 18.8. The van der Waals surface area contributed by atoms with E-state index >= 15 is 0 Å². The monoisotopic (exact) mass is 355 g/mol. The second kappa shape index (κ2) is 7.20. The van der Waals surface area contributed by atoms with Crippen LogP contribution in [0.1, 0.15) is 18.1 Å². The summed E-state index contributed by atoms with van der Waals surface area (Å²) in [7, 11) is 0. The van der Waals surface area contributed by atoms with Crippen LogP contribution < -0.4 is 10.1 Å². The lowest BCUT2D eigenvalue weighted by Gasteiger charge is -2.16. The standard InChI is InChI=1S/C17H16Cl2FNO2/c1-9-6-13(7-10(2)16(9)19)23-11(3)17(22)21-12-4-5-15(20)14(18)8-12/h4-8,11H,1-3H3,(H,21,22)/t11-/m1/s1. The summed E-state index contributed by atoms with van der Waals surface area (Å²) in [6.45, 7) is 5.36. The van der Waals surface area contributed by atoms with Gasteiger partial charge in [0.2, 0.25) is 0 Å². The molecule has 0 fully saturated rings. The Labute approximate surface area is 144 Å². The third-order valence-corrected chi connectivity index (χ3v) is 4.17. The van der Waals surface area contributed by atoms with Crippen molar-refractivity contribution in [2.75, 3.05) is 5.32 Å². The fourth-order valence-electron chi connectivity index (χ4n) is 2.05. The lowest BCUT2D eigenvalue weighted by atomic mass is 10.1. The van der Waals surface area contributed by atoms with E-state index in [0.717, 1.165) is 11.1 Å². The normalized spacial score (nSPS) is 11.9. The van der Waals surface area contributed by atoms with E-state index in [0.29, 0.717) is 16.5 Å². The maximum Gasteiger partial charge on any atom is 0.265 e. The Balaban J connectivity index is 2.06. The number of nitrogens with one attached hydrogen (secondary N) is 1. The summed E-state index contributed by atoms with van der Waals surface area (Å²) in [6, 6.07) is 7.51. The van der Waals surface area contributed by atoms with E-state index in [2.05, 4.69) is 5.32 Å². The first kappa shape index (κ1) is 17.6. The van der Waals surface area contributed by atoms with Crippen LogP contribution in [0.5, 0.6) is 5.75 Å². The van der Waals surface area contributed by atoms with Gasteiger partial charge < -0.3 is 10.1 Å². The van der Waals surface area contributed by atoms with E-state index in [9.17, 15) is 9.18 Å². The smallest absolute Gasteiger partial charge is 0.265 e. The van der Waals surface area contributed by atoms with Crippen molar-refractivity contribution < 1.29 is 13.9 Å². The van der Waals surface area contributed by atoms with E-state index in [1.807, 2.05) is 13.8 Å². The first-order chi connectivity index (χ1) is 10.8. The Morgan fingerprint density at radius 2 is 1.78 bits per heavy atom. The third kappa shape index (κ3) is 4.36. The van der Waals surface area contributed by atoms with Gasteiger partial charge in [0.1, 0.15) is 11.6 Å². The molecule has 0 aromatic heterocycles. The molecule has 3 nitrogen and oxygen atoms in total. The summed E-state index contributed by atoms with van der Waals surface area (Å²) >= 11 is 11.8. The van der Waals surface area contributed by atoms with Crippen LogP contribution in [0.4, 0.5) is 10.1 Å². The molecule has 2 rings (SSSR count). The van der Waals surface area contributed by atoms with Crippen LogP contribution in [0.3, 0.4) is 0 Å². The molecule has 2 aromatic carbocycles. The van der Waals surface area contributed by atoms with Crippen LogP contribution in [0.15, 0.2) is 30.3 Å². The molecule has 2 aromatic rings. The number of hydrogen-bond donors (Lipinski definition) is 1. The van der Waals surface area contributed by atoms with Crippen LogP contribution in [0.25, 0.3) is 0 Å². The molecule has 23 heavy (non-hydrogen) atoms.